The zero-order chi connectivity index (χ0) is 23.7. The van der Waals surface area contributed by atoms with E-state index in [1.165, 1.54) is 95.6 Å². The number of unbranched alkanes of at least 4 members (excludes halogenated alkanes) is 3. The molecule has 2 nitrogen and oxygen atoms in total. The van der Waals surface area contributed by atoms with E-state index in [9.17, 15) is 18.0 Å². The molecule has 0 heterocycles. The van der Waals surface area contributed by atoms with Gasteiger partial charge in [0.25, 0.3) is 0 Å². The molecule has 5 heteroatoms. The highest BCUT2D eigenvalue weighted by atomic mass is 19.4. The van der Waals surface area contributed by atoms with Gasteiger partial charge in [-0.15, -0.1) is 0 Å². The molecule has 0 aliphatic heterocycles. The Morgan fingerprint density at radius 2 is 1.36 bits per heavy atom. The number of esters is 1. The summed E-state index contributed by atoms with van der Waals surface area (Å²) in [6.45, 7) is 2.27. The van der Waals surface area contributed by atoms with E-state index < -0.39 is 11.7 Å². The van der Waals surface area contributed by atoms with Crippen molar-refractivity contribution in [2.24, 2.45) is 23.7 Å². The van der Waals surface area contributed by atoms with Crippen LogP contribution >= 0.6 is 0 Å². The predicted molar refractivity (Wildman–Crippen MR) is 126 cm³/mol. The zero-order valence-corrected chi connectivity index (χ0v) is 20.2. The normalized spacial score (nSPS) is 26.2. The van der Waals surface area contributed by atoms with E-state index >= 15 is 0 Å². The summed E-state index contributed by atoms with van der Waals surface area (Å²) in [5.41, 5.74) is -0.737. The van der Waals surface area contributed by atoms with E-state index in [2.05, 4.69) is 6.92 Å². The summed E-state index contributed by atoms with van der Waals surface area (Å²) in [4.78, 5) is 12.1. The highest BCUT2D eigenvalue weighted by Gasteiger charge is 2.31. The lowest BCUT2D eigenvalue weighted by Crippen LogP contribution is -2.26. The Morgan fingerprint density at radius 3 is 1.88 bits per heavy atom. The van der Waals surface area contributed by atoms with E-state index in [1.54, 1.807) is 0 Å². The topological polar surface area (TPSA) is 26.3 Å². The van der Waals surface area contributed by atoms with Gasteiger partial charge in [-0.25, -0.2) is 0 Å². The third kappa shape index (κ3) is 8.64. The molecule has 0 saturated heterocycles. The highest BCUT2D eigenvalue weighted by molar-refractivity contribution is 5.72. The van der Waals surface area contributed by atoms with Crippen molar-refractivity contribution in [3.8, 4) is 5.75 Å². The van der Waals surface area contributed by atoms with Crippen LogP contribution in [0.25, 0.3) is 0 Å². The smallest absolute Gasteiger partial charge is 0.416 e. The van der Waals surface area contributed by atoms with Crippen molar-refractivity contribution in [3.63, 3.8) is 0 Å². The van der Waals surface area contributed by atoms with Gasteiger partial charge < -0.3 is 4.74 Å². The number of alkyl halides is 3. The van der Waals surface area contributed by atoms with E-state index in [0.29, 0.717) is 12.3 Å². The molecule has 0 radical (unpaired) electrons. The Bertz CT molecular complexity index is 697. The summed E-state index contributed by atoms with van der Waals surface area (Å²) in [5.74, 6) is 3.12. The van der Waals surface area contributed by atoms with Gasteiger partial charge in [0.1, 0.15) is 5.75 Å². The van der Waals surface area contributed by atoms with Crippen LogP contribution < -0.4 is 4.74 Å². The van der Waals surface area contributed by atoms with Crippen LogP contribution in [-0.4, -0.2) is 5.97 Å². The van der Waals surface area contributed by atoms with Crippen LogP contribution in [0.2, 0.25) is 0 Å². The minimum atomic E-state index is -4.38. The monoisotopic (exact) mass is 466 g/mol. The van der Waals surface area contributed by atoms with Crippen molar-refractivity contribution in [1.29, 1.82) is 0 Å². The lowest BCUT2D eigenvalue weighted by atomic mass is 9.68. The van der Waals surface area contributed by atoms with E-state index in [0.717, 1.165) is 36.3 Å². The first-order valence-corrected chi connectivity index (χ1v) is 13.2. The second kappa shape index (κ2) is 12.8. The average Bonchev–Trinajstić information content (AvgIpc) is 2.81. The molecule has 0 spiro atoms. The molecule has 0 aromatic heterocycles. The van der Waals surface area contributed by atoms with Crippen LogP contribution in [0, 0.1) is 23.7 Å². The number of carbonyl (C=O) groups is 1. The van der Waals surface area contributed by atoms with Crippen LogP contribution in [0.1, 0.15) is 109 Å². The van der Waals surface area contributed by atoms with Gasteiger partial charge in [0, 0.05) is 6.42 Å². The fourth-order valence-corrected chi connectivity index (χ4v) is 5.97. The number of halogens is 3. The van der Waals surface area contributed by atoms with Gasteiger partial charge in [0.2, 0.25) is 0 Å². The van der Waals surface area contributed by atoms with Crippen LogP contribution in [0.5, 0.6) is 5.75 Å². The molecule has 1 aromatic carbocycles. The lowest BCUT2D eigenvalue weighted by molar-refractivity contribution is -0.137. The highest BCUT2D eigenvalue weighted by Crippen LogP contribution is 2.43. The molecule has 3 rings (SSSR count). The van der Waals surface area contributed by atoms with Crippen LogP contribution in [-0.2, 0) is 11.0 Å². The maximum Gasteiger partial charge on any atom is 0.416 e. The summed E-state index contributed by atoms with van der Waals surface area (Å²) in [7, 11) is 0. The minimum Gasteiger partial charge on any atom is -0.427 e. The Hall–Kier alpha value is -1.52. The first kappa shape index (κ1) is 26.1. The van der Waals surface area contributed by atoms with Crippen molar-refractivity contribution >= 4 is 5.97 Å². The zero-order valence-electron chi connectivity index (χ0n) is 20.2. The molecule has 0 amide bonds. The van der Waals surface area contributed by atoms with E-state index in [4.69, 9.17) is 4.74 Å². The molecule has 0 unspecified atom stereocenters. The molecule has 0 N–H and O–H groups in total. The average molecular weight is 467 g/mol. The quantitative estimate of drug-likeness (QED) is 0.195. The summed E-state index contributed by atoms with van der Waals surface area (Å²) < 4.78 is 43.1. The van der Waals surface area contributed by atoms with Crippen molar-refractivity contribution < 1.29 is 22.7 Å². The standard InChI is InChI=1S/C28H41F3O2/c1-2-3-4-5-6-21-7-12-23(13-8-21)24-14-9-22(10-15-24)11-20-27(32)33-26-18-16-25(17-19-26)28(29,30)31/h16-19,21-24H,2-15,20H2,1H3/t21-,22-,23-,24-. The fraction of sp³-hybridized carbons (Fsp3) is 0.750. The minimum absolute atomic E-state index is 0.178. The molecule has 33 heavy (non-hydrogen) atoms. The molecular weight excluding hydrogens is 425 g/mol. The van der Waals surface area contributed by atoms with Crippen molar-refractivity contribution in [2.45, 2.75) is 109 Å². The Morgan fingerprint density at radius 1 is 0.818 bits per heavy atom. The number of hydrogen-bond acceptors (Lipinski definition) is 2. The van der Waals surface area contributed by atoms with Gasteiger partial charge in [-0.3, -0.25) is 4.79 Å². The second-order valence-corrected chi connectivity index (χ2v) is 10.4. The Kier molecular flexibility index (Phi) is 10.1. The van der Waals surface area contributed by atoms with Gasteiger partial charge in [-0.2, -0.15) is 13.2 Å². The number of hydrogen-bond donors (Lipinski definition) is 0. The molecular formula is C28H41F3O2. The summed E-state index contributed by atoms with van der Waals surface area (Å²) >= 11 is 0. The maximum atomic E-state index is 12.6. The van der Waals surface area contributed by atoms with Gasteiger partial charge in [0.05, 0.1) is 5.56 Å². The molecule has 1 aromatic rings. The first-order valence-electron chi connectivity index (χ1n) is 13.2. The van der Waals surface area contributed by atoms with Crippen molar-refractivity contribution in [3.05, 3.63) is 29.8 Å². The van der Waals surface area contributed by atoms with Gasteiger partial charge in [0.15, 0.2) is 0 Å². The maximum absolute atomic E-state index is 12.6. The second-order valence-electron chi connectivity index (χ2n) is 10.4. The van der Waals surface area contributed by atoms with Gasteiger partial charge in [-0.05, 0) is 80.0 Å². The SMILES string of the molecule is CCCCCC[C@H]1CC[C@H]([C@H]2CC[C@H](CCC(=O)Oc3ccc(C(F)(F)F)cc3)CC2)CC1. The lowest BCUT2D eigenvalue weighted by Gasteiger charge is -2.38. The molecule has 186 valence electrons. The third-order valence-electron chi connectivity index (χ3n) is 8.09. The molecule has 2 aliphatic carbocycles. The Labute approximate surface area is 197 Å². The summed E-state index contributed by atoms with van der Waals surface area (Å²) in [5, 5.41) is 0. The van der Waals surface area contributed by atoms with Gasteiger partial charge >= 0.3 is 12.1 Å². The van der Waals surface area contributed by atoms with Crippen LogP contribution in [0.15, 0.2) is 24.3 Å². The number of carbonyl (C=O) groups excluding carboxylic acids is 1. The Balaban J connectivity index is 1.29. The molecule has 2 aliphatic rings. The molecule has 2 saturated carbocycles. The molecule has 0 atom stereocenters. The third-order valence-corrected chi connectivity index (χ3v) is 8.09. The fourth-order valence-electron chi connectivity index (χ4n) is 5.97. The van der Waals surface area contributed by atoms with Crippen molar-refractivity contribution in [2.75, 3.05) is 0 Å². The van der Waals surface area contributed by atoms with Crippen LogP contribution in [0.3, 0.4) is 0 Å². The van der Waals surface area contributed by atoms with Gasteiger partial charge in [-0.1, -0.05) is 64.7 Å². The summed E-state index contributed by atoms with van der Waals surface area (Å²) in [6.07, 6.45) is 14.3. The first-order chi connectivity index (χ1) is 15.8. The number of ether oxygens (including phenoxy) is 1. The van der Waals surface area contributed by atoms with Crippen molar-refractivity contribution in [1.82, 2.24) is 0 Å². The largest absolute Gasteiger partial charge is 0.427 e. The van der Waals surface area contributed by atoms with E-state index in [-0.39, 0.29) is 11.7 Å². The summed E-state index contributed by atoms with van der Waals surface area (Å²) in [6, 6.07) is 4.32. The predicted octanol–water partition coefficient (Wildman–Crippen LogP) is 8.97. The van der Waals surface area contributed by atoms with E-state index in [1.807, 2.05) is 0 Å². The molecule has 2 fully saturated rings. The number of rotatable bonds is 10. The molecule has 0 bridgehead atoms. The van der Waals surface area contributed by atoms with Crippen LogP contribution in [0.4, 0.5) is 13.2 Å². The number of benzene rings is 1.